The van der Waals surface area contributed by atoms with Crippen LogP contribution in [0.4, 0.5) is 0 Å². The summed E-state index contributed by atoms with van der Waals surface area (Å²) in [5.74, 6) is -0.357. The summed E-state index contributed by atoms with van der Waals surface area (Å²) in [5.41, 5.74) is 6.33. The monoisotopic (exact) mass is 247 g/mol. The van der Waals surface area contributed by atoms with E-state index >= 15 is 0 Å². The molecule has 0 radical (unpaired) electrons. The summed E-state index contributed by atoms with van der Waals surface area (Å²) in [6.45, 7) is 0. The van der Waals surface area contributed by atoms with Crippen LogP contribution in [0.1, 0.15) is 10.8 Å². The lowest BCUT2D eigenvalue weighted by atomic mass is 10.1. The van der Waals surface area contributed by atoms with Crippen LogP contribution in [0, 0.1) is 0 Å². The third-order valence-corrected chi connectivity index (χ3v) is 3.71. The lowest BCUT2D eigenvalue weighted by Gasteiger charge is -2.12. The number of aromatic nitrogens is 2. The number of imidazole rings is 1. The Balaban J connectivity index is 2.26. The highest BCUT2D eigenvalue weighted by Gasteiger charge is 2.20. The van der Waals surface area contributed by atoms with Gasteiger partial charge in [-0.05, 0) is 5.56 Å². The van der Waals surface area contributed by atoms with Crippen molar-refractivity contribution >= 4 is 17.7 Å². The van der Waals surface area contributed by atoms with Gasteiger partial charge in [-0.2, -0.15) is 0 Å². The van der Waals surface area contributed by atoms with Crippen molar-refractivity contribution in [1.29, 1.82) is 0 Å². The van der Waals surface area contributed by atoms with E-state index in [-0.39, 0.29) is 5.91 Å². The Labute approximate surface area is 104 Å². The molecule has 0 aliphatic carbocycles. The van der Waals surface area contributed by atoms with Gasteiger partial charge in [-0.1, -0.05) is 42.1 Å². The number of carbonyl (C=O) groups excluding carboxylic acids is 1. The maximum absolute atomic E-state index is 11.5. The van der Waals surface area contributed by atoms with Gasteiger partial charge in [-0.3, -0.25) is 4.79 Å². The van der Waals surface area contributed by atoms with E-state index in [2.05, 4.69) is 4.98 Å². The molecular formula is C12H13N3OS. The van der Waals surface area contributed by atoms with E-state index in [1.165, 1.54) is 11.8 Å². The van der Waals surface area contributed by atoms with E-state index < -0.39 is 5.25 Å². The Kier molecular flexibility index (Phi) is 3.49. The summed E-state index contributed by atoms with van der Waals surface area (Å²) in [6, 6.07) is 9.48. The fraction of sp³-hybridized carbons (Fsp3) is 0.167. The van der Waals surface area contributed by atoms with Crippen molar-refractivity contribution in [2.75, 3.05) is 0 Å². The lowest BCUT2D eigenvalue weighted by molar-refractivity contribution is -0.117. The summed E-state index contributed by atoms with van der Waals surface area (Å²) in [7, 11) is 1.89. The van der Waals surface area contributed by atoms with Crippen LogP contribution in [0.15, 0.2) is 47.9 Å². The van der Waals surface area contributed by atoms with E-state index in [0.717, 1.165) is 10.7 Å². The number of nitrogens with zero attached hydrogens (tertiary/aromatic N) is 2. The van der Waals surface area contributed by atoms with Crippen LogP contribution < -0.4 is 5.73 Å². The number of amides is 1. The van der Waals surface area contributed by atoms with Gasteiger partial charge >= 0.3 is 0 Å². The van der Waals surface area contributed by atoms with Crippen molar-refractivity contribution in [3.05, 3.63) is 48.3 Å². The highest BCUT2D eigenvalue weighted by Crippen LogP contribution is 2.33. The number of carbonyl (C=O) groups is 1. The van der Waals surface area contributed by atoms with E-state index in [1.807, 2.05) is 48.1 Å². The predicted molar refractivity (Wildman–Crippen MR) is 67.4 cm³/mol. The van der Waals surface area contributed by atoms with Crippen LogP contribution in [0.2, 0.25) is 0 Å². The topological polar surface area (TPSA) is 60.9 Å². The molecule has 0 unspecified atom stereocenters. The van der Waals surface area contributed by atoms with Crippen LogP contribution in [0.25, 0.3) is 0 Å². The summed E-state index contributed by atoms with van der Waals surface area (Å²) in [5, 5.41) is 0.370. The first kappa shape index (κ1) is 11.7. The van der Waals surface area contributed by atoms with E-state index in [4.69, 9.17) is 5.73 Å². The average molecular weight is 247 g/mol. The molecule has 0 aliphatic heterocycles. The van der Waals surface area contributed by atoms with Crippen molar-refractivity contribution in [2.45, 2.75) is 10.4 Å². The second-order valence-electron chi connectivity index (χ2n) is 3.63. The molecule has 0 bridgehead atoms. The maximum Gasteiger partial charge on any atom is 0.235 e. The number of hydrogen-bond donors (Lipinski definition) is 1. The molecule has 4 nitrogen and oxygen atoms in total. The van der Waals surface area contributed by atoms with Crippen LogP contribution in [-0.2, 0) is 11.8 Å². The molecule has 1 atom stereocenters. The zero-order valence-corrected chi connectivity index (χ0v) is 10.2. The van der Waals surface area contributed by atoms with Crippen molar-refractivity contribution in [1.82, 2.24) is 9.55 Å². The zero-order valence-electron chi connectivity index (χ0n) is 9.41. The fourth-order valence-electron chi connectivity index (χ4n) is 1.49. The Morgan fingerprint density at radius 1 is 1.41 bits per heavy atom. The minimum atomic E-state index is -0.405. The van der Waals surface area contributed by atoms with Crippen LogP contribution in [0.5, 0.6) is 0 Å². The molecule has 2 aromatic rings. The predicted octanol–water partition coefficient (Wildman–Crippen LogP) is 1.74. The molecular weight excluding hydrogens is 234 g/mol. The van der Waals surface area contributed by atoms with Crippen molar-refractivity contribution < 1.29 is 4.79 Å². The molecule has 0 spiro atoms. The van der Waals surface area contributed by atoms with Gasteiger partial charge in [-0.25, -0.2) is 4.98 Å². The fourth-order valence-corrected chi connectivity index (χ4v) is 2.46. The van der Waals surface area contributed by atoms with Gasteiger partial charge in [0.25, 0.3) is 0 Å². The molecule has 2 rings (SSSR count). The normalized spacial score (nSPS) is 12.3. The van der Waals surface area contributed by atoms with Gasteiger partial charge in [0.15, 0.2) is 5.16 Å². The molecule has 0 fully saturated rings. The second kappa shape index (κ2) is 5.05. The highest BCUT2D eigenvalue weighted by molar-refractivity contribution is 8.00. The first-order chi connectivity index (χ1) is 8.18. The van der Waals surface area contributed by atoms with Crippen molar-refractivity contribution in [3.63, 3.8) is 0 Å². The Bertz CT molecular complexity index is 509. The van der Waals surface area contributed by atoms with Gasteiger partial charge in [0.2, 0.25) is 5.91 Å². The van der Waals surface area contributed by atoms with Gasteiger partial charge < -0.3 is 10.3 Å². The summed E-state index contributed by atoms with van der Waals surface area (Å²) in [6.07, 6.45) is 3.54. The number of benzene rings is 1. The Morgan fingerprint density at radius 2 is 2.12 bits per heavy atom. The molecule has 1 heterocycles. The molecule has 5 heteroatoms. The van der Waals surface area contributed by atoms with E-state index in [0.29, 0.717) is 0 Å². The average Bonchev–Trinajstić information content (AvgIpc) is 2.72. The third kappa shape index (κ3) is 2.68. The molecule has 1 amide bonds. The minimum absolute atomic E-state index is 0.357. The molecule has 0 saturated carbocycles. The first-order valence-electron chi connectivity index (χ1n) is 5.16. The first-order valence-corrected chi connectivity index (χ1v) is 6.04. The Hall–Kier alpha value is -1.75. The second-order valence-corrected chi connectivity index (χ2v) is 4.70. The van der Waals surface area contributed by atoms with Gasteiger partial charge in [0.1, 0.15) is 5.25 Å². The minimum Gasteiger partial charge on any atom is -0.368 e. The number of primary amides is 1. The lowest BCUT2D eigenvalue weighted by Crippen LogP contribution is -2.19. The molecule has 1 aromatic heterocycles. The smallest absolute Gasteiger partial charge is 0.235 e. The van der Waals surface area contributed by atoms with Crippen LogP contribution >= 0.6 is 11.8 Å². The van der Waals surface area contributed by atoms with Gasteiger partial charge in [0.05, 0.1) is 0 Å². The number of hydrogen-bond acceptors (Lipinski definition) is 3. The summed E-state index contributed by atoms with van der Waals surface area (Å²) < 4.78 is 1.86. The van der Waals surface area contributed by atoms with Gasteiger partial charge in [0, 0.05) is 19.4 Å². The van der Waals surface area contributed by atoms with Crippen molar-refractivity contribution in [2.24, 2.45) is 12.8 Å². The van der Waals surface area contributed by atoms with Crippen molar-refractivity contribution in [3.8, 4) is 0 Å². The van der Waals surface area contributed by atoms with Crippen LogP contribution in [-0.4, -0.2) is 15.5 Å². The number of nitrogens with two attached hydrogens (primary N) is 1. The highest BCUT2D eigenvalue weighted by atomic mass is 32.2. The summed E-state index contributed by atoms with van der Waals surface area (Å²) in [4.78, 5) is 15.7. The molecule has 2 N–H and O–H groups in total. The number of aryl methyl sites for hydroxylation is 1. The summed E-state index contributed by atoms with van der Waals surface area (Å²) >= 11 is 1.36. The quantitative estimate of drug-likeness (QED) is 0.837. The number of rotatable bonds is 4. The molecule has 1 aromatic carbocycles. The van der Waals surface area contributed by atoms with E-state index in [1.54, 1.807) is 6.20 Å². The SMILES string of the molecule is Cn1ccnc1S[C@@H](C(N)=O)c1ccccc1. The molecule has 0 aliphatic rings. The third-order valence-electron chi connectivity index (χ3n) is 2.36. The van der Waals surface area contributed by atoms with Crippen LogP contribution in [0.3, 0.4) is 0 Å². The van der Waals surface area contributed by atoms with E-state index in [9.17, 15) is 4.79 Å². The Morgan fingerprint density at radius 3 is 2.65 bits per heavy atom. The number of thioether (sulfide) groups is 1. The largest absolute Gasteiger partial charge is 0.368 e. The maximum atomic E-state index is 11.5. The standard InChI is InChI=1S/C12H13N3OS/c1-15-8-7-14-12(15)17-10(11(13)16)9-5-3-2-4-6-9/h2-8,10H,1H3,(H2,13,16)/t10-/m1/s1. The molecule has 0 saturated heterocycles. The zero-order chi connectivity index (χ0) is 12.3. The molecule has 17 heavy (non-hydrogen) atoms. The molecule has 88 valence electrons. The van der Waals surface area contributed by atoms with Gasteiger partial charge in [-0.15, -0.1) is 0 Å².